The van der Waals surface area contributed by atoms with E-state index in [-0.39, 0.29) is 5.41 Å². The Bertz CT molecular complexity index is 605. The summed E-state index contributed by atoms with van der Waals surface area (Å²) in [5.74, 6) is 0.341. The largest absolute Gasteiger partial charge is 0.465 e. The first-order valence-corrected chi connectivity index (χ1v) is 7.61. The zero-order valence-electron chi connectivity index (χ0n) is 13.0. The number of carbonyl (C=O) groups is 1. The summed E-state index contributed by atoms with van der Waals surface area (Å²) < 4.78 is 0. The van der Waals surface area contributed by atoms with E-state index >= 15 is 0 Å². The number of benzene rings is 1. The van der Waals surface area contributed by atoms with E-state index in [1.54, 1.807) is 11.9 Å². The number of rotatable bonds is 1. The van der Waals surface area contributed by atoms with Gasteiger partial charge in [0, 0.05) is 7.05 Å². The molecule has 1 N–H and O–H groups in total. The quantitative estimate of drug-likeness (QED) is 0.788. The molecule has 21 heavy (non-hydrogen) atoms. The molecule has 0 heterocycles. The van der Waals surface area contributed by atoms with Gasteiger partial charge in [-0.25, -0.2) is 4.79 Å². The molecule has 2 unspecified atom stereocenters. The fourth-order valence-electron chi connectivity index (χ4n) is 4.41. The smallest absolute Gasteiger partial charge is 0.407 e. The summed E-state index contributed by atoms with van der Waals surface area (Å²) in [4.78, 5) is 13.3. The maximum absolute atomic E-state index is 11.7. The molecule has 0 bridgehead atoms. The lowest BCUT2D eigenvalue weighted by Crippen LogP contribution is -2.56. The molecule has 0 aromatic heterocycles. The van der Waals surface area contributed by atoms with Crippen LogP contribution in [0.2, 0.25) is 0 Å². The predicted molar refractivity (Wildman–Crippen MR) is 83.4 cm³/mol. The zero-order valence-corrected chi connectivity index (χ0v) is 13.0. The molecule has 0 aliphatic heterocycles. The van der Waals surface area contributed by atoms with Crippen LogP contribution in [0.5, 0.6) is 0 Å². The first-order valence-electron chi connectivity index (χ1n) is 7.61. The summed E-state index contributed by atoms with van der Waals surface area (Å²) >= 11 is 0. The number of hydrogen-bond donors (Lipinski definition) is 1. The van der Waals surface area contributed by atoms with Gasteiger partial charge in [0.05, 0.1) is 5.54 Å². The molecule has 1 aromatic rings. The molecule has 2 aliphatic rings. The van der Waals surface area contributed by atoms with E-state index in [0.717, 1.165) is 19.3 Å². The van der Waals surface area contributed by atoms with Crippen LogP contribution in [0.4, 0.5) is 4.79 Å². The second-order valence-corrected chi connectivity index (χ2v) is 7.01. The van der Waals surface area contributed by atoms with Crippen molar-refractivity contribution in [2.75, 3.05) is 7.05 Å². The average Bonchev–Trinajstić information content (AvgIpc) is 2.46. The number of nitrogens with zero attached hydrogens (tertiary/aromatic N) is 1. The molecule has 2 atom stereocenters. The number of hydrogen-bond acceptors (Lipinski definition) is 1. The van der Waals surface area contributed by atoms with Crippen LogP contribution in [0.3, 0.4) is 0 Å². The van der Waals surface area contributed by atoms with Crippen LogP contribution < -0.4 is 0 Å². The summed E-state index contributed by atoms with van der Waals surface area (Å²) in [7, 11) is 1.73. The van der Waals surface area contributed by atoms with Crippen molar-refractivity contribution in [3.8, 4) is 0 Å². The van der Waals surface area contributed by atoms with E-state index in [0.29, 0.717) is 5.92 Å². The second kappa shape index (κ2) is 4.62. The maximum Gasteiger partial charge on any atom is 0.407 e. The minimum atomic E-state index is -0.843. The second-order valence-electron chi connectivity index (χ2n) is 7.01. The van der Waals surface area contributed by atoms with Crippen LogP contribution in [0, 0.1) is 5.92 Å². The fourth-order valence-corrected chi connectivity index (χ4v) is 4.41. The van der Waals surface area contributed by atoms with Crippen LogP contribution >= 0.6 is 0 Å². The van der Waals surface area contributed by atoms with E-state index in [4.69, 9.17) is 0 Å². The minimum absolute atomic E-state index is 0.0925. The topological polar surface area (TPSA) is 40.5 Å². The van der Waals surface area contributed by atoms with Gasteiger partial charge in [0.15, 0.2) is 0 Å². The van der Waals surface area contributed by atoms with Gasteiger partial charge >= 0.3 is 6.09 Å². The van der Waals surface area contributed by atoms with Crippen LogP contribution in [0.15, 0.2) is 36.4 Å². The Balaban J connectivity index is 2.26. The average molecular weight is 285 g/mol. The first-order chi connectivity index (χ1) is 9.89. The van der Waals surface area contributed by atoms with Gasteiger partial charge in [-0.15, -0.1) is 0 Å². The van der Waals surface area contributed by atoms with Crippen molar-refractivity contribution in [3.05, 3.63) is 47.5 Å². The summed E-state index contributed by atoms with van der Waals surface area (Å²) in [5, 5.41) is 9.63. The van der Waals surface area contributed by atoms with Crippen molar-refractivity contribution in [2.24, 2.45) is 5.92 Å². The number of carboxylic acid groups (broad SMARTS) is 1. The van der Waals surface area contributed by atoms with Gasteiger partial charge in [0.2, 0.25) is 0 Å². The van der Waals surface area contributed by atoms with Gasteiger partial charge in [-0.3, -0.25) is 0 Å². The monoisotopic (exact) mass is 285 g/mol. The van der Waals surface area contributed by atoms with Gasteiger partial charge in [-0.2, -0.15) is 0 Å². The maximum atomic E-state index is 11.7. The van der Waals surface area contributed by atoms with E-state index in [2.05, 4.69) is 44.2 Å². The number of amides is 1. The Morgan fingerprint density at radius 2 is 1.90 bits per heavy atom. The normalized spacial score (nSPS) is 29.4. The van der Waals surface area contributed by atoms with Gasteiger partial charge < -0.3 is 10.0 Å². The molecule has 2 aliphatic carbocycles. The molecule has 112 valence electrons. The van der Waals surface area contributed by atoms with E-state index in [1.165, 1.54) is 11.1 Å². The van der Waals surface area contributed by atoms with Gasteiger partial charge in [-0.1, -0.05) is 50.3 Å². The van der Waals surface area contributed by atoms with Crippen molar-refractivity contribution in [2.45, 2.75) is 44.1 Å². The highest BCUT2D eigenvalue weighted by Crippen LogP contribution is 2.55. The molecular formula is C18H23NO2. The van der Waals surface area contributed by atoms with Crippen molar-refractivity contribution in [1.82, 2.24) is 4.90 Å². The molecule has 1 aromatic carbocycles. The van der Waals surface area contributed by atoms with Crippen molar-refractivity contribution in [1.29, 1.82) is 0 Å². The van der Waals surface area contributed by atoms with Gasteiger partial charge in [0.1, 0.15) is 0 Å². The predicted octanol–water partition coefficient (Wildman–Crippen LogP) is 4.14. The molecule has 0 radical (unpaired) electrons. The molecule has 3 nitrogen and oxygen atoms in total. The van der Waals surface area contributed by atoms with Gasteiger partial charge in [-0.05, 0) is 41.7 Å². The third-order valence-corrected chi connectivity index (χ3v) is 5.46. The van der Waals surface area contributed by atoms with Crippen LogP contribution in [0.25, 0.3) is 0 Å². The van der Waals surface area contributed by atoms with Crippen molar-refractivity contribution in [3.63, 3.8) is 0 Å². The molecule has 0 saturated heterocycles. The molecule has 0 spiro atoms. The highest BCUT2D eigenvalue weighted by Gasteiger charge is 2.52. The summed E-state index contributed by atoms with van der Waals surface area (Å²) in [6.07, 6.45) is 6.26. The lowest BCUT2D eigenvalue weighted by molar-refractivity contribution is 0.0247. The third kappa shape index (κ3) is 1.90. The summed E-state index contributed by atoms with van der Waals surface area (Å²) in [6.45, 7) is 4.55. The highest BCUT2D eigenvalue weighted by molar-refractivity contribution is 5.67. The molecule has 0 fully saturated rings. The Labute approximate surface area is 126 Å². The standard InChI is InChI=1S/C18H23NO2/c1-17(2)12-13-8-6-7-11-18(13,19(3)16(20)21)15-10-5-4-9-14(15)17/h4-7,9-10,13H,8,11-12H2,1-3H3,(H,20,21). The molecule has 1 amide bonds. The molecule has 0 saturated carbocycles. The Kier molecular flexibility index (Phi) is 3.12. The lowest BCUT2D eigenvalue weighted by Gasteiger charge is -2.55. The Morgan fingerprint density at radius 1 is 1.24 bits per heavy atom. The van der Waals surface area contributed by atoms with E-state index < -0.39 is 11.6 Å². The van der Waals surface area contributed by atoms with Crippen LogP contribution in [-0.2, 0) is 11.0 Å². The van der Waals surface area contributed by atoms with Crippen LogP contribution in [0.1, 0.15) is 44.2 Å². The number of allylic oxidation sites excluding steroid dienone is 1. The molecular weight excluding hydrogens is 262 g/mol. The SMILES string of the molecule is CN(C(=O)O)C12CC=CCC1CC(C)(C)c1ccccc12. The summed E-state index contributed by atoms with van der Waals surface area (Å²) in [5.41, 5.74) is 2.17. The molecule has 3 rings (SSSR count). The zero-order chi connectivity index (χ0) is 15.3. The Morgan fingerprint density at radius 3 is 2.57 bits per heavy atom. The van der Waals surface area contributed by atoms with E-state index in [9.17, 15) is 9.90 Å². The minimum Gasteiger partial charge on any atom is -0.465 e. The van der Waals surface area contributed by atoms with Crippen LogP contribution in [-0.4, -0.2) is 23.1 Å². The summed E-state index contributed by atoms with van der Waals surface area (Å²) in [6, 6.07) is 8.39. The van der Waals surface area contributed by atoms with Crippen molar-refractivity contribution >= 4 is 6.09 Å². The van der Waals surface area contributed by atoms with Gasteiger partial charge in [0.25, 0.3) is 0 Å². The lowest BCUT2D eigenvalue weighted by atomic mass is 9.56. The highest BCUT2D eigenvalue weighted by atomic mass is 16.4. The fraction of sp³-hybridized carbons (Fsp3) is 0.500. The van der Waals surface area contributed by atoms with Crippen molar-refractivity contribution < 1.29 is 9.90 Å². The third-order valence-electron chi connectivity index (χ3n) is 5.46. The first kappa shape index (κ1) is 14.2. The van der Waals surface area contributed by atoms with E-state index in [1.807, 2.05) is 6.07 Å². The number of fused-ring (bicyclic) bond motifs is 3. The Hall–Kier alpha value is -1.77. The molecule has 3 heteroatoms.